The van der Waals surface area contributed by atoms with Crippen LogP contribution in [0.25, 0.3) is 17.0 Å². The molecule has 1 aliphatic rings. The van der Waals surface area contributed by atoms with Crippen molar-refractivity contribution in [3.05, 3.63) is 35.5 Å². The molecule has 1 aromatic carbocycles. The van der Waals surface area contributed by atoms with Crippen LogP contribution in [-0.2, 0) is 6.18 Å². The molecule has 0 saturated carbocycles. The number of phenolic OH excluding ortho intramolecular Hbond substituents is 1. The number of hydrogen-bond acceptors (Lipinski definition) is 6. The fourth-order valence-corrected chi connectivity index (χ4v) is 3.96. The largest absolute Gasteiger partial charge is 0.507 e. The molecule has 2 aromatic heterocycles. The lowest BCUT2D eigenvalue weighted by Crippen LogP contribution is -2.44. The number of phenols is 1. The van der Waals surface area contributed by atoms with E-state index in [9.17, 15) is 27.1 Å². The third-order valence-corrected chi connectivity index (χ3v) is 5.34. The third-order valence-electron chi connectivity index (χ3n) is 5.34. The Hall–Kier alpha value is -3.02. The SMILES string of the molecule is Cc1cc(C(F)(F)F)cc(O)c1-c1ccn2nc(N[C@@H]3CCCN(CC(F)F)C3)nc2n1. The number of anilines is 1. The van der Waals surface area contributed by atoms with Crippen LogP contribution >= 0.6 is 0 Å². The summed E-state index contributed by atoms with van der Waals surface area (Å²) in [5.74, 6) is -0.0794. The molecule has 2 N–H and O–H groups in total. The first-order valence-corrected chi connectivity index (χ1v) is 10.0. The Bertz CT molecular complexity index is 1090. The van der Waals surface area contributed by atoms with Crippen LogP contribution in [0.4, 0.5) is 27.9 Å². The highest BCUT2D eigenvalue weighted by atomic mass is 19.4. The van der Waals surface area contributed by atoms with Crippen LogP contribution in [-0.4, -0.2) is 61.7 Å². The highest BCUT2D eigenvalue weighted by Crippen LogP contribution is 2.38. The molecule has 1 aliphatic heterocycles. The molecule has 32 heavy (non-hydrogen) atoms. The minimum atomic E-state index is -4.57. The monoisotopic (exact) mass is 456 g/mol. The van der Waals surface area contributed by atoms with Gasteiger partial charge in [0.2, 0.25) is 5.95 Å². The smallest absolute Gasteiger partial charge is 0.416 e. The van der Waals surface area contributed by atoms with Gasteiger partial charge in [-0.1, -0.05) is 0 Å². The van der Waals surface area contributed by atoms with Crippen LogP contribution in [0.15, 0.2) is 24.4 Å². The zero-order chi connectivity index (χ0) is 23.0. The van der Waals surface area contributed by atoms with Crippen molar-refractivity contribution in [2.24, 2.45) is 0 Å². The topological polar surface area (TPSA) is 78.6 Å². The average molecular weight is 456 g/mol. The maximum absolute atomic E-state index is 13.0. The zero-order valence-electron chi connectivity index (χ0n) is 17.1. The van der Waals surface area contributed by atoms with Crippen molar-refractivity contribution in [3.63, 3.8) is 0 Å². The van der Waals surface area contributed by atoms with Crippen molar-refractivity contribution < 1.29 is 27.1 Å². The van der Waals surface area contributed by atoms with Gasteiger partial charge in [0.15, 0.2) is 0 Å². The van der Waals surface area contributed by atoms with Gasteiger partial charge in [0.05, 0.1) is 17.8 Å². The van der Waals surface area contributed by atoms with Crippen molar-refractivity contribution in [1.29, 1.82) is 0 Å². The van der Waals surface area contributed by atoms with Gasteiger partial charge in [0, 0.05) is 24.3 Å². The summed E-state index contributed by atoms with van der Waals surface area (Å²) in [5.41, 5.74) is -0.304. The van der Waals surface area contributed by atoms with E-state index in [0.717, 1.165) is 18.9 Å². The third kappa shape index (κ3) is 4.74. The van der Waals surface area contributed by atoms with E-state index in [1.807, 2.05) is 0 Å². The number of hydrogen-bond donors (Lipinski definition) is 2. The second-order valence-corrected chi connectivity index (χ2v) is 7.81. The first-order chi connectivity index (χ1) is 15.1. The second-order valence-electron chi connectivity index (χ2n) is 7.81. The number of benzene rings is 1. The standard InChI is InChI=1S/C20H21F5N6O/c1-11-7-12(20(23,24)25)8-15(32)17(11)14-4-6-31-19(27-14)28-18(29-31)26-13-3-2-5-30(9-13)10-16(21)22/h4,6-8,13,16,32H,2-3,5,9-10H2,1H3,(H,26,29)/t13-/m1/s1. The Morgan fingerprint density at radius 3 is 2.72 bits per heavy atom. The number of piperidine rings is 1. The first kappa shape index (κ1) is 22.2. The van der Waals surface area contributed by atoms with E-state index in [1.165, 1.54) is 23.7 Å². The number of fused-ring (bicyclic) bond motifs is 1. The number of nitrogens with zero attached hydrogens (tertiary/aromatic N) is 5. The molecule has 0 bridgehead atoms. The van der Waals surface area contributed by atoms with E-state index < -0.39 is 23.9 Å². The number of aromatic nitrogens is 4. The van der Waals surface area contributed by atoms with Gasteiger partial charge in [-0.2, -0.15) is 18.2 Å². The Morgan fingerprint density at radius 1 is 1.25 bits per heavy atom. The number of alkyl halides is 5. The Morgan fingerprint density at radius 2 is 2.03 bits per heavy atom. The lowest BCUT2D eigenvalue weighted by atomic mass is 10.0. The fourth-order valence-electron chi connectivity index (χ4n) is 3.96. The molecular weight excluding hydrogens is 435 g/mol. The van der Waals surface area contributed by atoms with Gasteiger partial charge in [0.1, 0.15) is 5.75 Å². The maximum Gasteiger partial charge on any atom is 0.416 e. The molecule has 0 amide bonds. The molecular formula is C20H21F5N6O. The molecule has 12 heteroatoms. The molecule has 1 atom stereocenters. The van der Waals surface area contributed by atoms with Gasteiger partial charge in [-0.3, -0.25) is 4.90 Å². The molecule has 4 rings (SSSR count). The summed E-state index contributed by atoms with van der Waals surface area (Å²) < 4.78 is 65.6. The van der Waals surface area contributed by atoms with Crippen molar-refractivity contribution >= 4 is 11.7 Å². The van der Waals surface area contributed by atoms with E-state index >= 15 is 0 Å². The van der Waals surface area contributed by atoms with E-state index in [0.29, 0.717) is 19.2 Å². The summed E-state index contributed by atoms with van der Waals surface area (Å²) in [5, 5.41) is 17.6. The highest BCUT2D eigenvalue weighted by molar-refractivity contribution is 5.72. The number of halogens is 5. The molecule has 172 valence electrons. The lowest BCUT2D eigenvalue weighted by Gasteiger charge is -2.32. The van der Waals surface area contributed by atoms with Gasteiger partial charge >= 0.3 is 6.18 Å². The molecule has 0 aliphatic carbocycles. The summed E-state index contributed by atoms with van der Waals surface area (Å²) in [6.45, 7) is 2.23. The Kier molecular flexibility index (Phi) is 5.89. The van der Waals surface area contributed by atoms with E-state index in [4.69, 9.17) is 0 Å². The van der Waals surface area contributed by atoms with E-state index in [-0.39, 0.29) is 41.1 Å². The van der Waals surface area contributed by atoms with Gasteiger partial charge in [-0.05, 0) is 50.1 Å². The van der Waals surface area contributed by atoms with Crippen LogP contribution in [0, 0.1) is 6.92 Å². The fraction of sp³-hybridized carbons (Fsp3) is 0.450. The quantitative estimate of drug-likeness (QED) is 0.566. The van der Waals surface area contributed by atoms with Gasteiger partial charge in [-0.15, -0.1) is 5.10 Å². The highest BCUT2D eigenvalue weighted by Gasteiger charge is 2.32. The van der Waals surface area contributed by atoms with Gasteiger partial charge in [0.25, 0.3) is 12.2 Å². The molecule has 0 spiro atoms. The van der Waals surface area contributed by atoms with E-state index in [1.54, 1.807) is 4.90 Å². The molecule has 0 radical (unpaired) electrons. The summed E-state index contributed by atoms with van der Waals surface area (Å²) in [7, 11) is 0. The summed E-state index contributed by atoms with van der Waals surface area (Å²) >= 11 is 0. The van der Waals surface area contributed by atoms with Crippen LogP contribution in [0.2, 0.25) is 0 Å². The number of likely N-dealkylation sites (tertiary alicyclic amines) is 1. The van der Waals surface area contributed by atoms with Crippen molar-refractivity contribution in [2.75, 3.05) is 25.0 Å². The van der Waals surface area contributed by atoms with Crippen molar-refractivity contribution in [1.82, 2.24) is 24.5 Å². The predicted molar refractivity (Wildman–Crippen MR) is 107 cm³/mol. The Labute approximate surface area is 179 Å². The minimum Gasteiger partial charge on any atom is -0.507 e. The van der Waals surface area contributed by atoms with Crippen LogP contribution < -0.4 is 5.32 Å². The molecule has 1 fully saturated rings. The lowest BCUT2D eigenvalue weighted by molar-refractivity contribution is -0.137. The summed E-state index contributed by atoms with van der Waals surface area (Å²) in [6, 6.07) is 3.04. The molecule has 3 aromatic rings. The van der Waals surface area contributed by atoms with Crippen molar-refractivity contribution in [3.8, 4) is 17.0 Å². The number of aromatic hydroxyl groups is 1. The molecule has 1 saturated heterocycles. The minimum absolute atomic E-state index is 0.0967. The zero-order valence-corrected chi connectivity index (χ0v) is 17.1. The second kappa shape index (κ2) is 8.49. The normalized spacial score (nSPS) is 17.9. The van der Waals surface area contributed by atoms with Gasteiger partial charge in [-0.25, -0.2) is 18.3 Å². The number of nitrogens with one attached hydrogen (secondary N) is 1. The Balaban J connectivity index is 1.56. The van der Waals surface area contributed by atoms with Gasteiger partial charge < -0.3 is 10.4 Å². The van der Waals surface area contributed by atoms with Crippen LogP contribution in [0.3, 0.4) is 0 Å². The molecule has 0 unspecified atom stereocenters. The maximum atomic E-state index is 13.0. The molecule has 3 heterocycles. The van der Waals surface area contributed by atoms with Crippen molar-refractivity contribution in [2.45, 2.75) is 38.4 Å². The van der Waals surface area contributed by atoms with E-state index in [2.05, 4.69) is 20.4 Å². The summed E-state index contributed by atoms with van der Waals surface area (Å²) in [4.78, 5) is 10.3. The summed E-state index contributed by atoms with van der Waals surface area (Å²) in [6.07, 6.45) is -3.87. The van der Waals surface area contributed by atoms with Crippen LogP contribution in [0.1, 0.15) is 24.0 Å². The first-order valence-electron chi connectivity index (χ1n) is 10.0. The van der Waals surface area contributed by atoms with Crippen LogP contribution in [0.5, 0.6) is 5.75 Å². The molecule has 7 nitrogen and oxygen atoms in total. The number of aryl methyl sites for hydroxylation is 1. The number of rotatable bonds is 5. The predicted octanol–water partition coefficient (Wildman–Crippen LogP) is 3.97. The average Bonchev–Trinajstić information content (AvgIpc) is 3.08.